The molecule has 0 aliphatic carbocycles. The van der Waals surface area contributed by atoms with Gasteiger partial charge in [-0.25, -0.2) is 13.6 Å². The second kappa shape index (κ2) is 23.6. The second-order valence-electron chi connectivity index (χ2n) is 8.98. The number of nitrogens with zero attached hydrogens (tertiary/aromatic N) is 2. The van der Waals surface area contributed by atoms with Crippen molar-refractivity contribution in [3.63, 3.8) is 0 Å². The highest BCUT2D eigenvalue weighted by Crippen LogP contribution is 2.32. The third-order valence-electron chi connectivity index (χ3n) is 6.09. The first-order valence-corrected chi connectivity index (χ1v) is 14.0. The average Bonchev–Trinajstić information content (AvgIpc) is 3.03. The van der Waals surface area contributed by atoms with Crippen LogP contribution in [0.3, 0.4) is 0 Å². The Kier molecular flexibility index (Phi) is 22.1. The smallest absolute Gasteiger partial charge is 0.330 e. The molecule has 0 heterocycles. The molecule has 1 amide bonds. The Hall–Kier alpha value is -4.86. The molecule has 0 saturated carbocycles. The third-order valence-corrected chi connectivity index (χ3v) is 6.09. The molecule has 0 bridgehead atoms. The van der Waals surface area contributed by atoms with Crippen molar-refractivity contribution < 1.29 is 33.0 Å². The fourth-order valence-corrected chi connectivity index (χ4v) is 3.59. The molecule has 3 N–H and O–H groups in total. The number of anilines is 1. The molecule has 0 fully saturated rings. The lowest BCUT2D eigenvalue weighted by atomic mass is 9.91. The van der Waals surface area contributed by atoms with Crippen LogP contribution in [-0.4, -0.2) is 41.9 Å². The number of hydrazone groups is 1. The number of benzene rings is 1. The highest BCUT2D eigenvalue weighted by molar-refractivity contribution is 6.05. The van der Waals surface area contributed by atoms with E-state index in [-0.39, 0.29) is 22.7 Å². The Morgan fingerprint density at radius 1 is 1.11 bits per heavy atom. The molecule has 0 aliphatic rings. The Morgan fingerprint density at radius 3 is 2.22 bits per heavy atom. The maximum Gasteiger partial charge on any atom is 0.330 e. The molecule has 0 radical (unpaired) electrons. The number of carbonyl (C=O) groups excluding carboxylic acids is 1. The molecule has 0 aliphatic heterocycles. The number of carboxylic acid groups (broad SMARTS) is 1. The van der Waals surface area contributed by atoms with E-state index < -0.39 is 24.2 Å². The van der Waals surface area contributed by atoms with Gasteiger partial charge in [-0.2, -0.15) is 5.10 Å². The van der Waals surface area contributed by atoms with Gasteiger partial charge in [-0.15, -0.1) is 6.58 Å². The molecule has 1 aromatic rings. The molecule has 246 valence electrons. The maximum absolute atomic E-state index is 13.5. The average molecular weight is 630 g/mol. The first-order valence-electron chi connectivity index (χ1n) is 14.0. The van der Waals surface area contributed by atoms with Gasteiger partial charge in [0.25, 0.3) is 0 Å². The summed E-state index contributed by atoms with van der Waals surface area (Å²) in [5.41, 5.74) is 5.14. The predicted molar refractivity (Wildman–Crippen MR) is 180 cm³/mol. The first-order chi connectivity index (χ1) is 21.4. The number of rotatable bonds is 17. The number of para-hydroxylation sites is 1. The summed E-state index contributed by atoms with van der Waals surface area (Å²) >= 11 is 0. The molecule has 45 heavy (non-hydrogen) atoms. The van der Waals surface area contributed by atoms with Gasteiger partial charge >= 0.3 is 5.97 Å². The molecular weight excluding hydrogens is 583 g/mol. The summed E-state index contributed by atoms with van der Waals surface area (Å²) in [6.45, 7) is 23.6. The summed E-state index contributed by atoms with van der Waals surface area (Å²) in [5.74, 6) is -3.15. The van der Waals surface area contributed by atoms with Crippen LogP contribution in [0.5, 0.6) is 0 Å². The fraction of sp³-hybridized carbons (Fsp3) is 0.286. The quantitative estimate of drug-likeness (QED) is 0.0304. The van der Waals surface area contributed by atoms with E-state index in [1.807, 2.05) is 13.8 Å². The number of hydrogen-bond donors (Lipinski definition) is 3. The monoisotopic (exact) mass is 629 g/mol. The molecule has 7 nitrogen and oxygen atoms in total. The summed E-state index contributed by atoms with van der Waals surface area (Å²) < 4.78 is 36.5. The fourth-order valence-electron chi connectivity index (χ4n) is 3.59. The first kappa shape index (κ1) is 42.3. The van der Waals surface area contributed by atoms with Crippen molar-refractivity contribution in [1.29, 1.82) is 0 Å². The lowest BCUT2D eigenvalue weighted by Crippen LogP contribution is -2.30. The summed E-state index contributed by atoms with van der Waals surface area (Å²) in [7, 11) is 0.500. The minimum absolute atomic E-state index is 0.173. The van der Waals surface area contributed by atoms with E-state index in [4.69, 9.17) is 5.11 Å². The van der Waals surface area contributed by atoms with E-state index in [2.05, 4.69) is 36.8 Å². The van der Waals surface area contributed by atoms with Crippen molar-refractivity contribution in [2.45, 2.75) is 47.5 Å². The summed E-state index contributed by atoms with van der Waals surface area (Å²) in [5, 5.41) is 23.9. The van der Waals surface area contributed by atoms with Crippen molar-refractivity contribution in [2.24, 2.45) is 16.9 Å². The molecule has 10 heteroatoms. The third kappa shape index (κ3) is 14.4. The van der Waals surface area contributed by atoms with Gasteiger partial charge in [-0.1, -0.05) is 89.1 Å². The number of alkyl halides is 3. The largest absolute Gasteiger partial charge is 0.506 e. The minimum Gasteiger partial charge on any atom is -0.506 e. The van der Waals surface area contributed by atoms with Gasteiger partial charge in [0.15, 0.2) is 0 Å². The Labute approximate surface area is 265 Å². The molecule has 2 atom stereocenters. The van der Waals surface area contributed by atoms with Crippen LogP contribution in [0.2, 0.25) is 0 Å². The van der Waals surface area contributed by atoms with Gasteiger partial charge in [0.1, 0.15) is 5.76 Å². The number of aliphatic hydroxyl groups excluding tert-OH is 1. The number of nitrogens with one attached hydrogen (secondary N) is 1. The highest BCUT2D eigenvalue weighted by Gasteiger charge is 2.29. The maximum atomic E-state index is 13.5. The second-order valence-corrected chi connectivity index (χ2v) is 8.98. The van der Waals surface area contributed by atoms with Crippen LogP contribution in [0.1, 0.15) is 46.6 Å². The molecule has 2 unspecified atom stereocenters. The van der Waals surface area contributed by atoms with Crippen molar-refractivity contribution in [1.82, 2.24) is 5.43 Å². The SMILES string of the molecule is C=C/C=C(N/N=C(\C)c1ccccc1N(C=O)C(=C)C(C)C(C=C)C(F)F)\C(O)=C\C(=C)/C=C\C/C=C(\C)C(=O)O.CC.CF. The number of aliphatic carboxylic acids is 1. The van der Waals surface area contributed by atoms with Crippen LogP contribution in [0.25, 0.3) is 0 Å². The van der Waals surface area contributed by atoms with Crippen molar-refractivity contribution in [2.75, 3.05) is 12.1 Å². The van der Waals surface area contributed by atoms with E-state index >= 15 is 0 Å². The zero-order valence-electron chi connectivity index (χ0n) is 26.9. The van der Waals surface area contributed by atoms with Gasteiger partial charge in [0.05, 0.1) is 24.3 Å². The van der Waals surface area contributed by atoms with Crippen LogP contribution in [0.15, 0.2) is 127 Å². The standard InChI is InChI=1S/C32H37F2N3O4.C2H6.CH3F/c1-8-14-28(30(39)19-21(3)15-10-11-16-22(4)32(40)41)36-35-24(6)27-17-12-13-18-29(27)37(20-38)25(7)23(5)26(9-2)31(33)34;2*1-2/h8-10,12-20,23,26,31,36,39H,1-3,7,11H2,4-6H3,(H,40,41);1-2H3;1H3/b15-10-,22-16+,28-14+,30-19-,35-24+;;. The Bertz CT molecular complexity index is 1310. The lowest BCUT2D eigenvalue weighted by Gasteiger charge is -2.30. The van der Waals surface area contributed by atoms with Gasteiger partial charge in [0.2, 0.25) is 12.8 Å². The number of amides is 1. The normalized spacial score (nSPS) is 13.4. The number of allylic oxidation sites excluding steroid dienone is 9. The van der Waals surface area contributed by atoms with Crippen LogP contribution in [-0.2, 0) is 9.59 Å². The van der Waals surface area contributed by atoms with E-state index in [9.17, 15) is 27.9 Å². The number of aliphatic hydroxyl groups is 1. The number of hydrogen-bond acceptors (Lipinski definition) is 5. The Balaban J connectivity index is 0. The van der Waals surface area contributed by atoms with Crippen molar-refractivity contribution >= 4 is 23.8 Å². The van der Waals surface area contributed by atoms with Crippen LogP contribution < -0.4 is 10.3 Å². The molecular formula is C35H46F3N3O4. The molecule has 0 saturated heterocycles. The Morgan fingerprint density at radius 2 is 1.71 bits per heavy atom. The zero-order valence-corrected chi connectivity index (χ0v) is 26.9. The number of halogens is 3. The zero-order chi connectivity index (χ0) is 35.1. The van der Waals surface area contributed by atoms with E-state index in [1.54, 1.807) is 56.3 Å². The van der Waals surface area contributed by atoms with Crippen molar-refractivity contribution in [3.8, 4) is 0 Å². The van der Waals surface area contributed by atoms with Gasteiger partial charge in [-0.05, 0) is 44.1 Å². The molecule has 0 spiro atoms. The number of carboxylic acids is 1. The van der Waals surface area contributed by atoms with E-state index in [0.717, 1.165) is 6.08 Å². The van der Waals surface area contributed by atoms with Gasteiger partial charge in [0, 0.05) is 28.7 Å². The minimum atomic E-state index is -2.67. The highest BCUT2D eigenvalue weighted by atomic mass is 19.3. The molecule has 1 rings (SSSR count). The predicted octanol–water partition coefficient (Wildman–Crippen LogP) is 8.84. The van der Waals surface area contributed by atoms with E-state index in [0.29, 0.717) is 42.5 Å². The summed E-state index contributed by atoms with van der Waals surface area (Å²) in [6.07, 6.45) is 8.59. The van der Waals surface area contributed by atoms with Gasteiger partial charge < -0.3 is 10.2 Å². The van der Waals surface area contributed by atoms with Gasteiger partial charge in [-0.3, -0.25) is 19.5 Å². The van der Waals surface area contributed by atoms with E-state index in [1.165, 1.54) is 30.1 Å². The van der Waals surface area contributed by atoms with Crippen molar-refractivity contribution in [3.05, 3.63) is 127 Å². The van der Waals surface area contributed by atoms with Crippen LogP contribution in [0.4, 0.5) is 18.9 Å². The number of carbonyl (C=O) groups is 2. The lowest BCUT2D eigenvalue weighted by molar-refractivity contribution is -0.132. The van der Waals surface area contributed by atoms with Crippen LogP contribution in [0, 0.1) is 11.8 Å². The summed E-state index contributed by atoms with van der Waals surface area (Å²) in [4.78, 5) is 24.2. The molecule has 1 aromatic carbocycles. The topological polar surface area (TPSA) is 102 Å². The molecule has 0 aromatic heterocycles. The summed E-state index contributed by atoms with van der Waals surface area (Å²) in [6, 6.07) is 6.79. The van der Waals surface area contributed by atoms with Crippen LogP contribution >= 0.6 is 0 Å².